The van der Waals surface area contributed by atoms with Crippen LogP contribution in [0.4, 0.5) is 4.39 Å². The average molecular weight is 342 g/mol. The van der Waals surface area contributed by atoms with E-state index < -0.39 is 0 Å². The molecule has 0 heterocycles. The van der Waals surface area contributed by atoms with Gasteiger partial charge in [-0.2, -0.15) is 0 Å². The average Bonchev–Trinajstić information content (AvgIpc) is 2.30. The fraction of sp³-hybridized carbons (Fsp3) is 0.133. The highest BCUT2D eigenvalue weighted by atomic mass is 79.9. The fourth-order valence-corrected chi connectivity index (χ4v) is 2.47. The van der Waals surface area contributed by atoms with Gasteiger partial charge < -0.3 is 0 Å². The van der Waals surface area contributed by atoms with Crippen molar-refractivity contribution in [2.24, 2.45) is 0 Å². The summed E-state index contributed by atoms with van der Waals surface area (Å²) in [4.78, 5) is 11.9. The third-order valence-corrected chi connectivity index (χ3v) is 3.35. The predicted octanol–water partition coefficient (Wildman–Crippen LogP) is 4.60. The van der Waals surface area contributed by atoms with Crippen LogP contribution in [0, 0.1) is 5.82 Å². The largest absolute Gasteiger partial charge is 0.299 e. The minimum atomic E-state index is -0.344. The first-order chi connectivity index (χ1) is 9.02. The molecule has 0 amide bonds. The van der Waals surface area contributed by atoms with E-state index in [1.54, 1.807) is 18.2 Å². The molecule has 2 aromatic rings. The summed E-state index contributed by atoms with van der Waals surface area (Å²) >= 11 is 8.99. The van der Waals surface area contributed by atoms with Crippen molar-refractivity contribution in [3.05, 3.63) is 68.9 Å². The molecule has 0 radical (unpaired) electrons. The number of Topliss-reactive ketones (excluding diaryl/α,β-unsaturated/α-hetero) is 1. The third kappa shape index (κ3) is 4.44. The van der Waals surface area contributed by atoms with Crippen LogP contribution >= 0.6 is 27.5 Å². The van der Waals surface area contributed by atoms with E-state index >= 15 is 0 Å². The summed E-state index contributed by atoms with van der Waals surface area (Å²) in [6.45, 7) is 0. The van der Waals surface area contributed by atoms with Gasteiger partial charge in [-0.25, -0.2) is 4.39 Å². The number of benzene rings is 2. The van der Waals surface area contributed by atoms with Gasteiger partial charge in [0.25, 0.3) is 0 Å². The van der Waals surface area contributed by atoms with Crippen molar-refractivity contribution >= 4 is 33.3 Å². The molecule has 0 atom stereocenters. The number of rotatable bonds is 4. The molecule has 0 aliphatic heterocycles. The second kappa shape index (κ2) is 6.31. The molecule has 2 aromatic carbocycles. The summed E-state index contributed by atoms with van der Waals surface area (Å²) in [7, 11) is 0. The van der Waals surface area contributed by atoms with Crippen molar-refractivity contribution in [3.63, 3.8) is 0 Å². The Hall–Kier alpha value is -1.19. The number of halogens is 3. The molecule has 1 nitrogen and oxygen atoms in total. The molecule has 0 spiro atoms. The summed E-state index contributed by atoms with van der Waals surface area (Å²) in [5.41, 5.74) is 1.58. The molecule has 0 aliphatic rings. The molecule has 0 saturated heterocycles. The molecule has 0 bridgehead atoms. The first-order valence-corrected chi connectivity index (χ1v) is 6.91. The lowest BCUT2D eigenvalue weighted by Gasteiger charge is -2.03. The second-order valence-electron chi connectivity index (χ2n) is 4.30. The van der Waals surface area contributed by atoms with E-state index in [-0.39, 0.29) is 18.0 Å². The van der Waals surface area contributed by atoms with Crippen LogP contribution in [0.3, 0.4) is 0 Å². The van der Waals surface area contributed by atoms with E-state index in [0.29, 0.717) is 21.5 Å². The lowest BCUT2D eigenvalue weighted by molar-refractivity contribution is -0.117. The van der Waals surface area contributed by atoms with Crippen LogP contribution in [0.25, 0.3) is 0 Å². The molecule has 0 saturated carbocycles. The zero-order chi connectivity index (χ0) is 13.8. The molecule has 19 heavy (non-hydrogen) atoms. The Morgan fingerprint density at radius 3 is 2.32 bits per heavy atom. The predicted molar refractivity (Wildman–Crippen MR) is 78.0 cm³/mol. The van der Waals surface area contributed by atoms with Gasteiger partial charge in [0, 0.05) is 22.3 Å². The molecular weight excluding hydrogens is 331 g/mol. The molecule has 4 heteroatoms. The van der Waals surface area contributed by atoms with Gasteiger partial charge in [-0.15, -0.1) is 0 Å². The standard InChI is InChI=1S/C15H11BrClFO/c16-12-5-11(6-14(18)9-12)8-15(19)7-10-1-3-13(17)4-2-10/h1-6,9H,7-8H2. The first-order valence-electron chi connectivity index (χ1n) is 5.74. The van der Waals surface area contributed by atoms with Gasteiger partial charge in [-0.05, 0) is 41.5 Å². The van der Waals surface area contributed by atoms with Crippen LogP contribution in [-0.2, 0) is 17.6 Å². The van der Waals surface area contributed by atoms with Crippen molar-refractivity contribution in [3.8, 4) is 0 Å². The first kappa shape index (κ1) is 14.2. The van der Waals surface area contributed by atoms with Gasteiger partial charge in [0.15, 0.2) is 0 Å². The van der Waals surface area contributed by atoms with Gasteiger partial charge in [0.1, 0.15) is 11.6 Å². The fourth-order valence-electron chi connectivity index (χ4n) is 1.83. The van der Waals surface area contributed by atoms with Gasteiger partial charge in [-0.3, -0.25) is 4.79 Å². The van der Waals surface area contributed by atoms with Crippen LogP contribution in [0.1, 0.15) is 11.1 Å². The number of ketones is 1. The maximum atomic E-state index is 13.2. The van der Waals surface area contributed by atoms with Crippen LogP contribution < -0.4 is 0 Å². The Labute approximate surface area is 124 Å². The zero-order valence-electron chi connectivity index (χ0n) is 10.00. The van der Waals surface area contributed by atoms with Gasteiger partial charge in [0.2, 0.25) is 0 Å². The molecule has 0 aromatic heterocycles. The molecule has 0 fully saturated rings. The Kier molecular flexibility index (Phi) is 4.72. The van der Waals surface area contributed by atoms with E-state index in [0.717, 1.165) is 5.56 Å². The number of carbonyl (C=O) groups excluding carboxylic acids is 1. The molecule has 2 rings (SSSR count). The number of carbonyl (C=O) groups is 1. The van der Waals surface area contributed by atoms with Crippen LogP contribution in [0.5, 0.6) is 0 Å². The molecule has 0 aliphatic carbocycles. The number of hydrogen-bond donors (Lipinski definition) is 0. The van der Waals surface area contributed by atoms with Crippen molar-refractivity contribution in [2.45, 2.75) is 12.8 Å². The van der Waals surface area contributed by atoms with E-state index in [2.05, 4.69) is 15.9 Å². The van der Waals surface area contributed by atoms with Crippen LogP contribution in [0.2, 0.25) is 5.02 Å². The molecule has 98 valence electrons. The molecule has 0 unspecified atom stereocenters. The third-order valence-electron chi connectivity index (χ3n) is 2.64. The lowest BCUT2D eigenvalue weighted by atomic mass is 10.0. The highest BCUT2D eigenvalue weighted by molar-refractivity contribution is 9.10. The number of hydrogen-bond acceptors (Lipinski definition) is 1. The van der Waals surface area contributed by atoms with Crippen molar-refractivity contribution in [1.82, 2.24) is 0 Å². The van der Waals surface area contributed by atoms with Gasteiger partial charge in [0.05, 0.1) is 0 Å². The quantitative estimate of drug-likeness (QED) is 0.794. The lowest BCUT2D eigenvalue weighted by Crippen LogP contribution is -2.06. The van der Waals surface area contributed by atoms with Gasteiger partial charge in [-0.1, -0.05) is 39.7 Å². The molecule has 0 N–H and O–H groups in total. The smallest absolute Gasteiger partial charge is 0.141 e. The monoisotopic (exact) mass is 340 g/mol. The van der Waals surface area contributed by atoms with Crippen molar-refractivity contribution in [1.29, 1.82) is 0 Å². The maximum Gasteiger partial charge on any atom is 0.141 e. The van der Waals surface area contributed by atoms with E-state index in [1.165, 1.54) is 12.1 Å². The van der Waals surface area contributed by atoms with E-state index in [1.807, 2.05) is 12.1 Å². The highest BCUT2D eigenvalue weighted by Crippen LogP contribution is 2.16. The Bertz CT molecular complexity index is 575. The van der Waals surface area contributed by atoms with E-state index in [4.69, 9.17) is 11.6 Å². The summed E-state index contributed by atoms with van der Waals surface area (Å²) in [6.07, 6.45) is 0.546. The van der Waals surface area contributed by atoms with Crippen LogP contribution in [0.15, 0.2) is 46.9 Å². The second-order valence-corrected chi connectivity index (χ2v) is 5.65. The van der Waals surface area contributed by atoms with Crippen molar-refractivity contribution in [2.75, 3.05) is 0 Å². The van der Waals surface area contributed by atoms with Gasteiger partial charge >= 0.3 is 0 Å². The summed E-state index contributed by atoms with van der Waals surface area (Å²) in [5, 5.41) is 0.644. The highest BCUT2D eigenvalue weighted by Gasteiger charge is 2.07. The Balaban J connectivity index is 2.03. The Morgan fingerprint density at radius 2 is 1.68 bits per heavy atom. The minimum Gasteiger partial charge on any atom is -0.299 e. The summed E-state index contributed by atoms with van der Waals surface area (Å²) in [5.74, 6) is -0.302. The topological polar surface area (TPSA) is 17.1 Å². The molecular formula is C15H11BrClFO. The SMILES string of the molecule is O=C(Cc1ccc(Cl)cc1)Cc1cc(F)cc(Br)c1. The maximum absolute atomic E-state index is 13.2. The summed E-state index contributed by atoms with van der Waals surface area (Å²) in [6, 6.07) is 11.6. The zero-order valence-corrected chi connectivity index (χ0v) is 12.3. The van der Waals surface area contributed by atoms with E-state index in [9.17, 15) is 9.18 Å². The normalized spacial score (nSPS) is 10.5. The Morgan fingerprint density at radius 1 is 1.05 bits per heavy atom. The van der Waals surface area contributed by atoms with Crippen LogP contribution in [-0.4, -0.2) is 5.78 Å². The summed E-state index contributed by atoms with van der Waals surface area (Å²) < 4.78 is 13.8. The van der Waals surface area contributed by atoms with Crippen molar-refractivity contribution < 1.29 is 9.18 Å². The minimum absolute atomic E-state index is 0.0415.